The molecule has 21 heteroatoms. The van der Waals surface area contributed by atoms with E-state index in [2.05, 4.69) is 88.0 Å². The molecule has 83 heavy (non-hydrogen) atoms. The molecule has 0 radical (unpaired) electrons. The van der Waals surface area contributed by atoms with Crippen LogP contribution in [0.15, 0.2) is 157 Å². The molecule has 10 rings (SSSR count). The van der Waals surface area contributed by atoms with E-state index < -0.39 is 17.7 Å². The smallest absolute Gasteiger partial charge is 0.412 e. The van der Waals surface area contributed by atoms with Gasteiger partial charge in [0, 0.05) is 51.2 Å². The Morgan fingerprint density at radius 2 is 1.07 bits per heavy atom. The monoisotopic (exact) mass is 1150 g/mol. The van der Waals surface area contributed by atoms with Gasteiger partial charge in [-0.15, -0.1) is 22.7 Å². The number of carbonyl (C=O) groups excluding carboxylic acids is 2. The van der Waals surface area contributed by atoms with E-state index in [4.69, 9.17) is 21.3 Å². The van der Waals surface area contributed by atoms with E-state index in [-0.39, 0.29) is 31.0 Å². The van der Waals surface area contributed by atoms with Crippen molar-refractivity contribution in [3.05, 3.63) is 180 Å². The van der Waals surface area contributed by atoms with Crippen LogP contribution in [0, 0.1) is 13.8 Å². The molecule has 0 saturated carbocycles. The van der Waals surface area contributed by atoms with Crippen molar-refractivity contribution in [3.63, 3.8) is 0 Å². The maximum Gasteiger partial charge on any atom is 0.412 e. The zero-order valence-corrected chi connectivity index (χ0v) is 48.4. The molecule has 0 fully saturated rings. The normalized spacial score (nSPS) is 10.9. The van der Waals surface area contributed by atoms with Gasteiger partial charge in [-0.25, -0.2) is 39.5 Å². The third kappa shape index (κ3) is 16.0. The predicted octanol–water partition coefficient (Wildman–Crippen LogP) is 15.2. The molecule has 0 saturated heterocycles. The number of aromatic carboxylic acids is 1. The highest BCUT2D eigenvalue weighted by molar-refractivity contribution is 7.13. The molecule has 10 aromatic rings. The number of amides is 2. The average Bonchev–Trinajstić information content (AvgIpc) is 4.44. The van der Waals surface area contributed by atoms with Crippen LogP contribution in [0.3, 0.4) is 0 Å². The Labute approximate surface area is 491 Å². The number of carbonyl (C=O) groups is 3. The summed E-state index contributed by atoms with van der Waals surface area (Å²) in [5.41, 5.74) is 21.4. The van der Waals surface area contributed by atoms with E-state index in [0.717, 1.165) is 66.7 Å². The summed E-state index contributed by atoms with van der Waals surface area (Å²) < 4.78 is 9.46. The van der Waals surface area contributed by atoms with Crippen LogP contribution in [0.1, 0.15) is 100 Å². The van der Waals surface area contributed by atoms with Crippen LogP contribution in [0.2, 0.25) is 0 Å². The van der Waals surface area contributed by atoms with E-state index in [1.807, 2.05) is 131 Å². The fraction of sp³-hybridized carbons (Fsp3) is 0.210. The number of aryl methyl sites for hydroxylation is 2. The van der Waals surface area contributed by atoms with Crippen LogP contribution in [-0.2, 0) is 4.74 Å². The highest BCUT2D eigenvalue weighted by Crippen LogP contribution is 2.33. The van der Waals surface area contributed by atoms with Crippen molar-refractivity contribution in [2.75, 3.05) is 32.7 Å². The summed E-state index contributed by atoms with van der Waals surface area (Å²) in [4.78, 5) is 64.4. The van der Waals surface area contributed by atoms with Gasteiger partial charge in [-0.2, -0.15) is 0 Å². The Kier molecular flexibility index (Phi) is 19.9. The second-order valence-electron chi connectivity index (χ2n) is 20.2. The molecule has 428 valence electrons. The number of nitrogens with one attached hydrogen (secondary N) is 4. The van der Waals surface area contributed by atoms with Crippen molar-refractivity contribution in [2.45, 2.75) is 87.4 Å². The van der Waals surface area contributed by atoms with E-state index in [1.165, 1.54) is 12.1 Å². The molecule has 0 aliphatic carbocycles. The first kappa shape index (κ1) is 60.9. The van der Waals surface area contributed by atoms with Crippen LogP contribution in [0.5, 0.6) is 0 Å². The molecule has 19 nitrogen and oxygen atoms in total. The first-order valence-electron chi connectivity index (χ1n) is 26.1. The minimum Gasteiger partial charge on any atom is -0.478 e. The Bertz CT molecular complexity index is 3800. The molecule has 4 aromatic carbocycles. The van der Waals surface area contributed by atoms with E-state index in [1.54, 1.807) is 71.5 Å². The lowest BCUT2D eigenvalue weighted by Gasteiger charge is -2.20. The SMILES string of the molecule is C.CC(C)(C)OC(=O)Nc1ccc(-c2cccs2)cc1N.Cc1ncc(-c2ccnc(Nc3ccc(C(=O)Nc4cc(-c5cccs5)ccc4N)cc3)n2)n1C(C)C.Cc1ncc(-c2ccnc(Nc3ccc(C(=O)O)cc3)n2)n1C(C)C. The Morgan fingerprint density at radius 1 is 0.590 bits per heavy atom. The van der Waals surface area contributed by atoms with Crippen LogP contribution >= 0.6 is 22.7 Å². The molecule has 0 atom stereocenters. The zero-order chi connectivity index (χ0) is 58.7. The summed E-state index contributed by atoms with van der Waals surface area (Å²) in [6.07, 6.45) is 6.53. The lowest BCUT2D eigenvalue weighted by molar-refractivity contribution is 0.0634. The van der Waals surface area contributed by atoms with Gasteiger partial charge in [0.1, 0.15) is 17.2 Å². The third-order valence-corrected chi connectivity index (χ3v) is 14.1. The van der Waals surface area contributed by atoms with Crippen molar-refractivity contribution in [1.29, 1.82) is 0 Å². The molecular weight excluding hydrogens is 1080 g/mol. The second-order valence-corrected chi connectivity index (χ2v) is 22.1. The lowest BCUT2D eigenvalue weighted by Crippen LogP contribution is -2.27. The summed E-state index contributed by atoms with van der Waals surface area (Å²) >= 11 is 3.28. The van der Waals surface area contributed by atoms with E-state index in [0.29, 0.717) is 40.2 Å². The highest BCUT2D eigenvalue weighted by atomic mass is 32.1. The molecule has 6 heterocycles. The van der Waals surface area contributed by atoms with Crippen molar-refractivity contribution in [1.82, 2.24) is 39.0 Å². The summed E-state index contributed by atoms with van der Waals surface area (Å²) in [6, 6.07) is 37.1. The van der Waals surface area contributed by atoms with Crippen LogP contribution < -0.4 is 32.7 Å². The predicted molar refractivity (Wildman–Crippen MR) is 336 cm³/mol. The summed E-state index contributed by atoms with van der Waals surface area (Å²) in [5, 5.41) is 24.9. The average molecular weight is 1150 g/mol. The molecule has 6 aromatic heterocycles. The van der Waals surface area contributed by atoms with Crippen molar-refractivity contribution >= 4 is 86.7 Å². The number of nitrogens with zero attached hydrogens (tertiary/aromatic N) is 8. The van der Waals surface area contributed by atoms with Crippen LogP contribution in [-0.4, -0.2) is 67.7 Å². The molecule has 0 bridgehead atoms. The van der Waals surface area contributed by atoms with Crippen molar-refractivity contribution < 1.29 is 24.2 Å². The Morgan fingerprint density at radius 3 is 1.52 bits per heavy atom. The van der Waals surface area contributed by atoms with Gasteiger partial charge in [-0.3, -0.25) is 10.1 Å². The maximum absolute atomic E-state index is 12.9. The molecule has 0 aliphatic heterocycles. The minimum absolute atomic E-state index is 0. The van der Waals surface area contributed by atoms with Gasteiger partial charge in [0.2, 0.25) is 11.9 Å². The number of benzene rings is 4. The quantitative estimate of drug-likeness (QED) is 0.0499. The second kappa shape index (κ2) is 27.2. The van der Waals surface area contributed by atoms with Crippen LogP contribution in [0.4, 0.5) is 50.8 Å². The number of nitrogen functional groups attached to an aromatic ring is 2. The first-order chi connectivity index (χ1) is 39.2. The number of nitrogens with two attached hydrogens (primary N) is 2. The van der Waals surface area contributed by atoms with Gasteiger partial charge in [0.05, 0.1) is 63.5 Å². The van der Waals surface area contributed by atoms with Gasteiger partial charge >= 0.3 is 12.1 Å². The third-order valence-electron chi connectivity index (χ3n) is 12.2. The van der Waals surface area contributed by atoms with Gasteiger partial charge in [-0.1, -0.05) is 31.7 Å². The number of aromatic nitrogens is 8. The Balaban J connectivity index is 0.000000188. The number of rotatable bonds is 14. The number of imidazole rings is 2. The van der Waals surface area contributed by atoms with Crippen molar-refractivity contribution in [3.8, 4) is 43.7 Å². The Hall–Kier alpha value is -9.73. The molecule has 0 spiro atoms. The zero-order valence-electron chi connectivity index (χ0n) is 46.8. The molecule has 2 amide bonds. The minimum atomic E-state index is -0.956. The first-order valence-corrected chi connectivity index (χ1v) is 27.9. The number of thiophene rings is 2. The van der Waals surface area contributed by atoms with Gasteiger partial charge in [0.15, 0.2) is 0 Å². The van der Waals surface area contributed by atoms with Crippen LogP contribution in [0.25, 0.3) is 43.7 Å². The summed E-state index contributed by atoms with van der Waals surface area (Å²) in [5.74, 6) is 1.57. The molecule has 0 aliphatic rings. The molecule has 0 unspecified atom stereocenters. The van der Waals surface area contributed by atoms with Gasteiger partial charge in [0.25, 0.3) is 5.91 Å². The largest absolute Gasteiger partial charge is 0.478 e. The number of carboxylic acids is 1. The number of hydrogen-bond acceptors (Lipinski definition) is 16. The number of anilines is 8. The van der Waals surface area contributed by atoms with Crippen molar-refractivity contribution in [2.24, 2.45) is 0 Å². The maximum atomic E-state index is 12.9. The van der Waals surface area contributed by atoms with E-state index >= 15 is 0 Å². The highest BCUT2D eigenvalue weighted by Gasteiger charge is 2.19. The summed E-state index contributed by atoms with van der Waals surface area (Å²) in [7, 11) is 0. The fourth-order valence-electron chi connectivity index (χ4n) is 8.51. The molecular formula is C62H68N14O5S2. The topological polar surface area (TPSA) is 268 Å². The number of carboxylic acid groups (broad SMARTS) is 1. The molecule has 9 N–H and O–H groups in total. The number of hydrogen-bond donors (Lipinski definition) is 7. The van der Waals surface area contributed by atoms with Gasteiger partial charge < -0.3 is 46.4 Å². The van der Waals surface area contributed by atoms with Gasteiger partial charge in [-0.05, 0) is 181 Å². The summed E-state index contributed by atoms with van der Waals surface area (Å²) in [6.45, 7) is 17.8. The standard InChI is InChI=1S/C28H27N7OS.C18H19N5O2.C15H18N2O2S.CH4/c1-17(2)35-18(3)31-16-25(35)23-12-13-30-28(34-23)32-21-9-6-19(7-10-21)27(36)33-24-15-20(8-11-22(24)29)26-5-4-14-37-26;1-11(2)23-12(3)20-10-16(23)15-8-9-19-18(22-15)21-14-6-4-13(5-7-14)17(24)25;1-15(2,3)19-14(18)17-12-7-6-10(9-11(12)16)13-5-4-8-20-13;/h4-17H,29H2,1-3H3,(H,33,36)(H,30,32,34);4-11H,1-3H3,(H,24,25)(H,19,21,22);4-9H,16H2,1-3H3,(H,17,18);1H4. The fourth-order valence-corrected chi connectivity index (χ4v) is 9.96. The lowest BCUT2D eigenvalue weighted by atomic mass is 10.1. The number of ether oxygens (including phenoxy) is 1. The van der Waals surface area contributed by atoms with E-state index in [9.17, 15) is 14.4 Å².